The Labute approximate surface area is 213 Å². The van der Waals surface area contributed by atoms with Gasteiger partial charge < -0.3 is 20.0 Å². The van der Waals surface area contributed by atoms with E-state index in [1.165, 1.54) is 0 Å². The molecule has 0 atom stereocenters. The lowest BCUT2D eigenvalue weighted by molar-refractivity contribution is -0.137. The van der Waals surface area contributed by atoms with Crippen molar-refractivity contribution in [3.05, 3.63) is 72.3 Å². The summed E-state index contributed by atoms with van der Waals surface area (Å²) >= 11 is 0. The minimum atomic E-state index is -0.209. The summed E-state index contributed by atoms with van der Waals surface area (Å²) in [4.78, 5) is 43.9. The van der Waals surface area contributed by atoms with Gasteiger partial charge in [0.25, 0.3) is 5.91 Å². The Bertz CT molecular complexity index is 1070. The van der Waals surface area contributed by atoms with Crippen molar-refractivity contribution < 1.29 is 14.4 Å². The van der Waals surface area contributed by atoms with Crippen molar-refractivity contribution in [2.24, 2.45) is 5.92 Å². The lowest BCUT2D eigenvalue weighted by Crippen LogP contribution is -2.48. The molecule has 2 aliphatic rings. The normalized spacial score (nSPS) is 16.0. The Hall–Kier alpha value is -3.61. The van der Waals surface area contributed by atoms with Crippen molar-refractivity contribution in [2.75, 3.05) is 49.5 Å². The molecule has 2 aromatic rings. The van der Waals surface area contributed by atoms with Gasteiger partial charge in [0, 0.05) is 55.6 Å². The molecule has 1 aliphatic carbocycles. The molecular weight excluding hydrogens is 452 g/mol. The molecule has 7 heteroatoms. The first-order valence-corrected chi connectivity index (χ1v) is 12.8. The van der Waals surface area contributed by atoms with Crippen molar-refractivity contribution in [2.45, 2.75) is 32.6 Å². The Kier molecular flexibility index (Phi) is 8.41. The number of carbonyl (C=O) groups is 3. The zero-order valence-corrected chi connectivity index (χ0v) is 21.1. The molecule has 1 aliphatic heterocycles. The molecule has 36 heavy (non-hydrogen) atoms. The van der Waals surface area contributed by atoms with Crippen LogP contribution in [0.15, 0.2) is 61.2 Å². The zero-order chi connectivity index (χ0) is 25.5. The average molecular weight is 489 g/mol. The molecule has 1 heterocycles. The molecule has 0 bridgehead atoms. The fourth-order valence-corrected chi connectivity index (χ4v) is 5.00. The van der Waals surface area contributed by atoms with Crippen LogP contribution in [0, 0.1) is 12.8 Å². The Balaban J connectivity index is 1.27. The van der Waals surface area contributed by atoms with Crippen LogP contribution >= 0.6 is 0 Å². The number of carbonyl (C=O) groups excluding carboxylic acids is 3. The topological polar surface area (TPSA) is 73.0 Å². The largest absolute Gasteiger partial charge is 0.368 e. The molecule has 2 fully saturated rings. The van der Waals surface area contributed by atoms with E-state index in [4.69, 9.17) is 0 Å². The van der Waals surface area contributed by atoms with Gasteiger partial charge in [-0.3, -0.25) is 14.4 Å². The fourth-order valence-electron chi connectivity index (χ4n) is 5.00. The number of aryl methyl sites for hydroxylation is 1. The summed E-state index contributed by atoms with van der Waals surface area (Å²) in [5.74, 6) is -0.0496. The third-order valence-electron chi connectivity index (χ3n) is 7.08. The van der Waals surface area contributed by atoms with Crippen LogP contribution in [0.1, 0.15) is 41.6 Å². The summed E-state index contributed by atoms with van der Waals surface area (Å²) in [6.07, 6.45) is 5.64. The van der Waals surface area contributed by atoms with E-state index < -0.39 is 0 Å². The van der Waals surface area contributed by atoms with E-state index in [1.54, 1.807) is 11.0 Å². The number of nitrogens with one attached hydrogen (secondary N) is 1. The third-order valence-corrected chi connectivity index (χ3v) is 7.08. The minimum absolute atomic E-state index is 0.0279. The van der Waals surface area contributed by atoms with Gasteiger partial charge in [0.2, 0.25) is 11.8 Å². The van der Waals surface area contributed by atoms with Crippen LogP contribution in [0.25, 0.3) is 0 Å². The van der Waals surface area contributed by atoms with Crippen LogP contribution in [0.2, 0.25) is 0 Å². The zero-order valence-electron chi connectivity index (χ0n) is 21.1. The summed E-state index contributed by atoms with van der Waals surface area (Å²) < 4.78 is 0. The van der Waals surface area contributed by atoms with Crippen molar-refractivity contribution >= 4 is 29.1 Å². The molecule has 0 aromatic heterocycles. The van der Waals surface area contributed by atoms with Crippen LogP contribution in [0.5, 0.6) is 0 Å². The standard InChI is InChI=1S/C29H36N4O3/c1-3-16-33(29(36)23-6-4-5-7-23)21-27(34)30-25-12-14-26(15-13-25)31-17-19-32(20-18-31)28(35)24-10-8-22(2)9-11-24/h3,8-15,23H,1,4-7,16-21H2,2H3,(H,30,34). The number of hydrogen-bond donors (Lipinski definition) is 1. The van der Waals surface area contributed by atoms with Gasteiger partial charge in [-0.1, -0.05) is 36.6 Å². The van der Waals surface area contributed by atoms with Gasteiger partial charge in [-0.2, -0.15) is 0 Å². The number of rotatable bonds is 8. The molecule has 2 aromatic carbocycles. The average Bonchev–Trinajstić information content (AvgIpc) is 3.44. The first-order valence-electron chi connectivity index (χ1n) is 12.8. The van der Waals surface area contributed by atoms with Crippen molar-refractivity contribution in [3.63, 3.8) is 0 Å². The maximum Gasteiger partial charge on any atom is 0.253 e. The van der Waals surface area contributed by atoms with E-state index >= 15 is 0 Å². The monoisotopic (exact) mass is 488 g/mol. The summed E-state index contributed by atoms with van der Waals surface area (Å²) in [5.41, 5.74) is 3.62. The first kappa shape index (κ1) is 25.5. The van der Waals surface area contributed by atoms with E-state index in [0.29, 0.717) is 25.3 Å². The van der Waals surface area contributed by atoms with Crippen LogP contribution in [0.4, 0.5) is 11.4 Å². The van der Waals surface area contributed by atoms with Crippen molar-refractivity contribution in [3.8, 4) is 0 Å². The Morgan fingerprint density at radius 2 is 1.61 bits per heavy atom. The summed E-state index contributed by atoms with van der Waals surface area (Å²) in [5, 5.41) is 2.91. The van der Waals surface area contributed by atoms with Crippen molar-refractivity contribution in [1.29, 1.82) is 0 Å². The fraction of sp³-hybridized carbons (Fsp3) is 0.414. The number of benzene rings is 2. The van der Waals surface area contributed by atoms with E-state index in [0.717, 1.165) is 55.6 Å². The van der Waals surface area contributed by atoms with E-state index in [2.05, 4.69) is 16.8 Å². The second-order valence-corrected chi connectivity index (χ2v) is 9.73. The lowest BCUT2D eigenvalue weighted by atomic mass is 10.1. The van der Waals surface area contributed by atoms with Crippen LogP contribution in [-0.2, 0) is 9.59 Å². The maximum absolute atomic E-state index is 12.8. The van der Waals surface area contributed by atoms with Gasteiger partial charge >= 0.3 is 0 Å². The Morgan fingerprint density at radius 1 is 0.972 bits per heavy atom. The SMILES string of the molecule is C=CCN(CC(=O)Nc1ccc(N2CCN(C(=O)c3ccc(C)cc3)CC2)cc1)C(=O)C1CCCC1. The highest BCUT2D eigenvalue weighted by Crippen LogP contribution is 2.26. The van der Waals surface area contributed by atoms with Gasteiger partial charge in [-0.25, -0.2) is 0 Å². The highest BCUT2D eigenvalue weighted by molar-refractivity contribution is 5.95. The van der Waals surface area contributed by atoms with Crippen LogP contribution in [-0.4, -0.2) is 66.8 Å². The molecule has 3 amide bonds. The molecule has 1 saturated carbocycles. The number of hydrogen-bond acceptors (Lipinski definition) is 4. The highest BCUT2D eigenvalue weighted by Gasteiger charge is 2.28. The predicted molar refractivity (Wildman–Crippen MR) is 143 cm³/mol. The van der Waals surface area contributed by atoms with Crippen molar-refractivity contribution in [1.82, 2.24) is 9.80 Å². The molecule has 4 rings (SSSR count). The first-order chi connectivity index (χ1) is 17.4. The second kappa shape index (κ2) is 11.9. The molecule has 7 nitrogen and oxygen atoms in total. The van der Waals surface area contributed by atoms with Gasteiger partial charge in [0.1, 0.15) is 6.54 Å². The van der Waals surface area contributed by atoms with Gasteiger partial charge in [-0.05, 0) is 56.2 Å². The molecule has 0 radical (unpaired) electrons. The molecule has 0 unspecified atom stereocenters. The summed E-state index contributed by atoms with van der Waals surface area (Å²) in [6.45, 7) is 8.99. The van der Waals surface area contributed by atoms with Gasteiger partial charge in [-0.15, -0.1) is 6.58 Å². The van der Waals surface area contributed by atoms with E-state index in [1.807, 2.05) is 60.4 Å². The second-order valence-electron chi connectivity index (χ2n) is 9.73. The lowest BCUT2D eigenvalue weighted by Gasteiger charge is -2.36. The molecule has 0 spiro atoms. The molecule has 1 N–H and O–H groups in total. The number of amides is 3. The van der Waals surface area contributed by atoms with E-state index in [9.17, 15) is 14.4 Å². The third kappa shape index (κ3) is 6.33. The smallest absolute Gasteiger partial charge is 0.253 e. The molecule has 190 valence electrons. The highest BCUT2D eigenvalue weighted by atomic mass is 16.2. The quantitative estimate of drug-likeness (QED) is 0.568. The number of nitrogens with zero attached hydrogens (tertiary/aromatic N) is 3. The predicted octanol–water partition coefficient (Wildman–Crippen LogP) is 4.10. The van der Waals surface area contributed by atoms with E-state index in [-0.39, 0.29) is 30.2 Å². The number of anilines is 2. The van der Waals surface area contributed by atoms with Crippen LogP contribution < -0.4 is 10.2 Å². The Morgan fingerprint density at radius 3 is 2.22 bits per heavy atom. The summed E-state index contributed by atoms with van der Waals surface area (Å²) in [7, 11) is 0. The maximum atomic E-state index is 12.8. The molecule has 1 saturated heterocycles. The molecular formula is C29H36N4O3. The van der Waals surface area contributed by atoms with Gasteiger partial charge in [0.15, 0.2) is 0 Å². The number of piperazine rings is 1. The minimum Gasteiger partial charge on any atom is -0.368 e. The van der Waals surface area contributed by atoms with Gasteiger partial charge in [0.05, 0.1) is 0 Å². The van der Waals surface area contributed by atoms with Crippen LogP contribution in [0.3, 0.4) is 0 Å². The summed E-state index contributed by atoms with van der Waals surface area (Å²) in [6, 6.07) is 15.4.